The van der Waals surface area contributed by atoms with Gasteiger partial charge in [-0.3, -0.25) is 4.79 Å². The van der Waals surface area contributed by atoms with Gasteiger partial charge in [-0.25, -0.2) is 4.79 Å². The molecule has 18 heavy (non-hydrogen) atoms. The first-order chi connectivity index (χ1) is 8.14. The molecule has 0 saturated heterocycles. The second kappa shape index (κ2) is 4.90. The van der Waals surface area contributed by atoms with E-state index in [0.29, 0.717) is 5.56 Å². The normalized spacial score (nSPS) is 14.7. The van der Waals surface area contributed by atoms with Gasteiger partial charge in [0.15, 0.2) is 11.3 Å². The summed E-state index contributed by atoms with van der Waals surface area (Å²) in [6.07, 6.45) is 0. The van der Waals surface area contributed by atoms with Crippen molar-refractivity contribution in [2.24, 2.45) is 5.73 Å². The molecule has 0 heterocycles. The van der Waals surface area contributed by atoms with Crippen molar-refractivity contribution in [3.63, 3.8) is 0 Å². The van der Waals surface area contributed by atoms with E-state index < -0.39 is 22.9 Å². The molecule has 1 atom stereocenters. The lowest BCUT2D eigenvalue weighted by atomic mass is 9.92. The molecule has 1 unspecified atom stereocenters. The van der Waals surface area contributed by atoms with E-state index in [0.717, 1.165) is 0 Å². The molecule has 0 aliphatic rings. The van der Waals surface area contributed by atoms with Crippen molar-refractivity contribution in [1.29, 1.82) is 0 Å². The maximum Gasteiger partial charge on any atom is 0.334 e. The Bertz CT molecular complexity index is 444. The van der Waals surface area contributed by atoms with E-state index >= 15 is 0 Å². The molecule has 0 amide bonds. The summed E-state index contributed by atoms with van der Waals surface area (Å²) in [4.78, 5) is 24.1. The summed E-state index contributed by atoms with van der Waals surface area (Å²) in [6.45, 7) is 6.56. The van der Waals surface area contributed by atoms with E-state index in [1.165, 1.54) is 6.92 Å². The first-order valence-corrected chi connectivity index (χ1v) is 5.77. The van der Waals surface area contributed by atoms with Gasteiger partial charge in [-0.15, -0.1) is 0 Å². The maximum absolute atomic E-state index is 12.2. The third-order valence-corrected chi connectivity index (χ3v) is 2.33. The van der Waals surface area contributed by atoms with Crippen molar-refractivity contribution in [3.05, 3.63) is 35.9 Å². The topological polar surface area (TPSA) is 69.4 Å². The van der Waals surface area contributed by atoms with Crippen LogP contribution in [0.2, 0.25) is 0 Å². The summed E-state index contributed by atoms with van der Waals surface area (Å²) in [6, 6.07) is 8.48. The van der Waals surface area contributed by atoms with E-state index in [4.69, 9.17) is 10.5 Å². The summed E-state index contributed by atoms with van der Waals surface area (Å²) < 4.78 is 5.16. The molecule has 0 aliphatic carbocycles. The molecule has 4 nitrogen and oxygen atoms in total. The molecule has 1 aromatic carbocycles. The van der Waals surface area contributed by atoms with Crippen LogP contribution in [0.15, 0.2) is 30.3 Å². The highest BCUT2D eigenvalue weighted by Gasteiger charge is 2.40. The van der Waals surface area contributed by atoms with Crippen LogP contribution in [-0.4, -0.2) is 22.9 Å². The van der Waals surface area contributed by atoms with Gasteiger partial charge in [-0.1, -0.05) is 30.3 Å². The van der Waals surface area contributed by atoms with Crippen molar-refractivity contribution in [1.82, 2.24) is 0 Å². The van der Waals surface area contributed by atoms with Crippen LogP contribution >= 0.6 is 0 Å². The van der Waals surface area contributed by atoms with Crippen molar-refractivity contribution in [2.75, 3.05) is 0 Å². The van der Waals surface area contributed by atoms with E-state index in [9.17, 15) is 9.59 Å². The Morgan fingerprint density at radius 2 is 1.56 bits per heavy atom. The minimum atomic E-state index is -1.67. The molecule has 0 saturated carbocycles. The number of rotatable bonds is 3. The Hall–Kier alpha value is -1.68. The summed E-state index contributed by atoms with van der Waals surface area (Å²) in [5.41, 5.74) is 3.87. The molecule has 0 aliphatic heterocycles. The number of Topliss-reactive ketones (excluding diaryl/α,β-unsaturated/α-hetero) is 1. The highest BCUT2D eigenvalue weighted by atomic mass is 16.6. The number of carbonyl (C=O) groups is 2. The zero-order valence-electron chi connectivity index (χ0n) is 11.2. The summed E-state index contributed by atoms with van der Waals surface area (Å²) in [5, 5.41) is 0. The van der Waals surface area contributed by atoms with Crippen LogP contribution in [0.4, 0.5) is 0 Å². The fourth-order valence-electron chi connectivity index (χ4n) is 1.37. The van der Waals surface area contributed by atoms with Crippen LogP contribution in [0.25, 0.3) is 0 Å². The second-order valence-corrected chi connectivity index (χ2v) is 5.40. The van der Waals surface area contributed by atoms with Gasteiger partial charge in [0.25, 0.3) is 0 Å². The fourth-order valence-corrected chi connectivity index (χ4v) is 1.37. The zero-order valence-corrected chi connectivity index (χ0v) is 11.2. The average molecular weight is 249 g/mol. The lowest BCUT2D eigenvalue weighted by molar-refractivity contribution is -0.158. The van der Waals surface area contributed by atoms with E-state index in [2.05, 4.69) is 0 Å². The first kappa shape index (κ1) is 14.4. The fraction of sp³-hybridized carbons (Fsp3) is 0.429. The molecule has 4 heteroatoms. The highest BCUT2D eigenvalue weighted by Crippen LogP contribution is 2.17. The Morgan fingerprint density at radius 1 is 1.06 bits per heavy atom. The lowest BCUT2D eigenvalue weighted by Gasteiger charge is -2.27. The van der Waals surface area contributed by atoms with Gasteiger partial charge in [0.2, 0.25) is 0 Å². The van der Waals surface area contributed by atoms with Crippen molar-refractivity contribution >= 4 is 11.8 Å². The molecule has 0 aromatic heterocycles. The number of esters is 1. The SMILES string of the molecule is CC(C)(C)OC(=O)C(C)(N)C(=O)c1ccccc1. The van der Waals surface area contributed by atoms with Crippen LogP contribution in [0.3, 0.4) is 0 Å². The second-order valence-electron chi connectivity index (χ2n) is 5.40. The summed E-state index contributed by atoms with van der Waals surface area (Å²) in [7, 11) is 0. The maximum atomic E-state index is 12.2. The van der Waals surface area contributed by atoms with Crippen LogP contribution in [0.1, 0.15) is 38.1 Å². The average Bonchev–Trinajstić information content (AvgIpc) is 2.27. The number of ether oxygens (including phenoxy) is 1. The van der Waals surface area contributed by atoms with E-state index in [1.807, 2.05) is 0 Å². The Kier molecular flexibility index (Phi) is 3.92. The number of benzene rings is 1. The van der Waals surface area contributed by atoms with Crippen molar-refractivity contribution in [2.45, 2.75) is 38.8 Å². The summed E-state index contributed by atoms with van der Waals surface area (Å²) in [5.74, 6) is -1.17. The zero-order chi connectivity index (χ0) is 14.0. The van der Waals surface area contributed by atoms with E-state index in [-0.39, 0.29) is 0 Å². The highest BCUT2D eigenvalue weighted by molar-refractivity contribution is 6.15. The monoisotopic (exact) mass is 249 g/mol. The van der Waals surface area contributed by atoms with Gasteiger partial charge >= 0.3 is 5.97 Å². The van der Waals surface area contributed by atoms with Crippen LogP contribution < -0.4 is 5.73 Å². The Labute approximate surface area is 107 Å². The third-order valence-electron chi connectivity index (χ3n) is 2.33. The molecule has 0 radical (unpaired) electrons. The molecule has 1 aromatic rings. The molecule has 0 spiro atoms. The molecule has 2 N–H and O–H groups in total. The molecule has 0 fully saturated rings. The summed E-state index contributed by atoms with van der Waals surface area (Å²) >= 11 is 0. The molecule has 1 rings (SSSR count). The largest absolute Gasteiger partial charge is 0.458 e. The van der Waals surface area contributed by atoms with Crippen molar-refractivity contribution in [3.8, 4) is 0 Å². The number of carbonyl (C=O) groups excluding carboxylic acids is 2. The molecule has 0 bridgehead atoms. The minimum Gasteiger partial charge on any atom is -0.458 e. The molecule has 98 valence electrons. The van der Waals surface area contributed by atoms with Gasteiger partial charge in [0.05, 0.1) is 0 Å². The van der Waals surface area contributed by atoms with Crippen molar-refractivity contribution < 1.29 is 14.3 Å². The molecular weight excluding hydrogens is 230 g/mol. The van der Waals surface area contributed by atoms with Crippen LogP contribution in [0.5, 0.6) is 0 Å². The number of ketones is 1. The van der Waals surface area contributed by atoms with Gasteiger partial charge < -0.3 is 10.5 Å². The van der Waals surface area contributed by atoms with Crippen LogP contribution in [-0.2, 0) is 9.53 Å². The van der Waals surface area contributed by atoms with Gasteiger partial charge in [0.1, 0.15) is 5.60 Å². The predicted molar refractivity (Wildman–Crippen MR) is 69.2 cm³/mol. The standard InChI is InChI=1S/C14H19NO3/c1-13(2,3)18-12(17)14(4,15)11(16)10-8-6-5-7-9-10/h5-9H,15H2,1-4H3. The van der Waals surface area contributed by atoms with Gasteiger partial charge in [0, 0.05) is 5.56 Å². The van der Waals surface area contributed by atoms with Gasteiger partial charge in [-0.05, 0) is 27.7 Å². The first-order valence-electron chi connectivity index (χ1n) is 5.77. The van der Waals surface area contributed by atoms with Crippen LogP contribution in [0, 0.1) is 0 Å². The number of hydrogen-bond acceptors (Lipinski definition) is 4. The van der Waals surface area contributed by atoms with Gasteiger partial charge in [-0.2, -0.15) is 0 Å². The third kappa shape index (κ3) is 3.40. The predicted octanol–water partition coefficient (Wildman–Crippen LogP) is 1.93. The Balaban J connectivity index is 2.93. The smallest absolute Gasteiger partial charge is 0.334 e. The molecular formula is C14H19NO3. The quantitative estimate of drug-likeness (QED) is 0.505. The lowest BCUT2D eigenvalue weighted by Crippen LogP contribution is -2.54. The minimum absolute atomic E-state index is 0.397. The number of nitrogens with two attached hydrogens (primary N) is 1. The van der Waals surface area contributed by atoms with E-state index in [1.54, 1.807) is 51.1 Å². The Morgan fingerprint density at radius 3 is 2.00 bits per heavy atom. The number of hydrogen-bond donors (Lipinski definition) is 1.